The first-order valence-corrected chi connectivity index (χ1v) is 37.4. The minimum absolute atomic E-state index is 0.0493. The highest BCUT2D eigenvalue weighted by molar-refractivity contribution is 5.79. The van der Waals surface area contributed by atoms with Crippen LogP contribution >= 0.6 is 0 Å². The van der Waals surface area contributed by atoms with Gasteiger partial charge in [0.15, 0.2) is 6.29 Å². The molecule has 616 valence electrons. The van der Waals surface area contributed by atoms with Crippen LogP contribution in [0.5, 0.6) is 0 Å². The summed E-state index contributed by atoms with van der Waals surface area (Å²) in [5.41, 5.74) is 26.9. The Morgan fingerprint density at radius 2 is 0.514 bits per heavy atom. The molecular formula is C69H142N18O18. The van der Waals surface area contributed by atoms with Crippen LogP contribution in [0.15, 0.2) is 0 Å². The van der Waals surface area contributed by atoms with Crippen LogP contribution in [0, 0.1) is 21.7 Å². The third kappa shape index (κ3) is 49.6. The van der Waals surface area contributed by atoms with Crippen molar-refractivity contribution in [3.05, 3.63) is 0 Å². The van der Waals surface area contributed by atoms with Crippen molar-refractivity contribution in [1.82, 2.24) is 61.3 Å². The summed E-state index contributed by atoms with van der Waals surface area (Å²) in [4.78, 5) is 122. The van der Waals surface area contributed by atoms with E-state index in [-0.39, 0.29) is 45.7 Å². The molecule has 6 amide bonds. The fourth-order valence-electron chi connectivity index (χ4n) is 9.92. The fraction of sp³-hybridized carbons (Fsp3) is 0.884. The molecule has 0 aromatic heterocycles. The molecule has 36 heteroatoms. The van der Waals surface area contributed by atoms with Gasteiger partial charge < -0.3 is 143 Å². The van der Waals surface area contributed by atoms with Gasteiger partial charge in [-0.05, 0) is 264 Å². The molecule has 0 aromatic carbocycles. The number of amides is 6. The molecule has 36 nitrogen and oxygen atoms in total. The standard InChI is InChI=1S/C69H142N18O18/c1-11-69(54-97-57(88)66(2,48-100-60(91)76-30-18-42-82(5)36-12-24-70)49-101-61(92)77-31-19-43-83(6)37-13-25-71,55-98-58(89)67(3,50-102-62(93)78-32-20-44-84(7)38-14-26-72)51-103-63(94)79-33-21-45-85(8)39-15-27-73)56-99-59(90)68(4,52-104-64(95)80-34-22-46-86(9)40-16-28-74)53-105-65(96)81-35-23-47-87(10)41-17-29-75/h57,88H,11-56,70-75H2,1-10H3,(H,76,91)(H,77,92)(H,78,93)(H,79,94)(H,80,95)(H,81,96). The molecule has 0 saturated carbocycles. The fourth-order valence-corrected chi connectivity index (χ4v) is 9.92. The summed E-state index contributed by atoms with van der Waals surface area (Å²) < 4.78 is 52.4. The number of alkyl carbamates (subject to hydrolysis) is 6. The van der Waals surface area contributed by atoms with Gasteiger partial charge in [0, 0.05) is 39.3 Å². The Balaban J connectivity index is 7.62. The number of carbonyl (C=O) groups is 8. The van der Waals surface area contributed by atoms with E-state index in [1.165, 1.54) is 20.8 Å². The largest absolute Gasteiger partial charge is 0.464 e. The van der Waals surface area contributed by atoms with E-state index in [1.807, 2.05) is 42.3 Å². The molecule has 0 rings (SSSR count). The summed E-state index contributed by atoms with van der Waals surface area (Å²) in [6, 6.07) is 0. The minimum atomic E-state index is -1.95. The normalized spacial score (nSPS) is 12.3. The van der Waals surface area contributed by atoms with E-state index >= 15 is 0 Å². The lowest BCUT2D eigenvalue weighted by Crippen LogP contribution is -2.49. The van der Waals surface area contributed by atoms with Gasteiger partial charge in [0.1, 0.15) is 63.7 Å². The number of aliphatic hydroxyl groups is 1. The number of nitrogens with two attached hydrogens (primary N) is 6. The van der Waals surface area contributed by atoms with Crippen molar-refractivity contribution in [3.63, 3.8) is 0 Å². The van der Waals surface area contributed by atoms with E-state index in [0.717, 1.165) is 77.8 Å². The van der Waals surface area contributed by atoms with Crippen molar-refractivity contribution in [2.75, 3.05) is 259 Å². The van der Waals surface area contributed by atoms with E-state index in [0.29, 0.717) is 117 Å². The Morgan fingerprint density at radius 1 is 0.314 bits per heavy atom. The molecule has 0 aromatic rings. The Hall–Kier alpha value is -6.00. The first kappa shape index (κ1) is 99.0. The zero-order valence-corrected chi connectivity index (χ0v) is 65.6. The van der Waals surface area contributed by atoms with Gasteiger partial charge in [0.05, 0.1) is 17.4 Å². The zero-order valence-electron chi connectivity index (χ0n) is 65.6. The first-order valence-electron chi connectivity index (χ1n) is 37.4. The topological polar surface area (TPSA) is 488 Å². The second-order valence-corrected chi connectivity index (χ2v) is 28.3. The highest BCUT2D eigenvalue weighted by atomic mass is 16.6. The second kappa shape index (κ2) is 60.0. The zero-order chi connectivity index (χ0) is 78.8. The van der Waals surface area contributed by atoms with Gasteiger partial charge in [-0.1, -0.05) is 6.92 Å². The summed E-state index contributed by atoms with van der Waals surface area (Å²) >= 11 is 0. The highest BCUT2D eigenvalue weighted by Crippen LogP contribution is 2.32. The highest BCUT2D eigenvalue weighted by Gasteiger charge is 2.46. The van der Waals surface area contributed by atoms with Crippen LogP contribution in [0.3, 0.4) is 0 Å². The number of nitrogens with zero attached hydrogens (tertiary/aromatic N) is 6. The van der Waals surface area contributed by atoms with E-state index < -0.39 is 136 Å². The van der Waals surface area contributed by atoms with Crippen LogP contribution in [0.4, 0.5) is 28.8 Å². The molecule has 0 fully saturated rings. The van der Waals surface area contributed by atoms with Crippen LogP contribution in [0.1, 0.15) is 111 Å². The molecule has 105 heavy (non-hydrogen) atoms. The van der Waals surface area contributed by atoms with E-state index in [1.54, 1.807) is 6.92 Å². The quantitative estimate of drug-likeness (QED) is 0.0167. The summed E-state index contributed by atoms with van der Waals surface area (Å²) in [5.74, 6) is -2.09. The number of ether oxygens (including phenoxy) is 9. The summed E-state index contributed by atoms with van der Waals surface area (Å²) in [5, 5.41) is 28.4. The molecule has 19 N–H and O–H groups in total. The average Bonchev–Trinajstić information content (AvgIpc) is 0.824. The average molecular weight is 1510 g/mol. The number of carbonyl (C=O) groups excluding carboxylic acids is 8. The van der Waals surface area contributed by atoms with Crippen LogP contribution in [-0.2, 0) is 52.2 Å². The Morgan fingerprint density at radius 3 is 0.714 bits per heavy atom. The lowest BCUT2D eigenvalue weighted by Gasteiger charge is -2.38. The number of nitrogens with one attached hydrogen (secondary N) is 6. The van der Waals surface area contributed by atoms with Gasteiger partial charge in [-0.2, -0.15) is 0 Å². The predicted octanol–water partition coefficient (Wildman–Crippen LogP) is 0.205. The molecule has 0 aliphatic rings. The Kier molecular flexibility index (Phi) is 56.5. The molecule has 0 radical (unpaired) electrons. The monoisotopic (exact) mass is 1510 g/mol. The molecule has 0 aliphatic heterocycles. The van der Waals surface area contributed by atoms with Gasteiger partial charge in [-0.25, -0.2) is 28.8 Å². The van der Waals surface area contributed by atoms with Crippen LogP contribution < -0.4 is 66.3 Å². The number of esters is 2. The maximum Gasteiger partial charge on any atom is 0.407 e. The molecule has 0 spiro atoms. The predicted molar refractivity (Wildman–Crippen MR) is 402 cm³/mol. The van der Waals surface area contributed by atoms with Gasteiger partial charge >= 0.3 is 48.5 Å². The summed E-state index contributed by atoms with van der Waals surface area (Å²) in [6.45, 7) is 13.1. The number of aliphatic hydroxyl groups excluding tert-OH is 1. The Bertz CT molecular complexity index is 2120. The molecule has 1 atom stereocenters. The molecule has 0 aliphatic carbocycles. The molecular weight excluding hydrogens is 1370 g/mol. The third-order valence-corrected chi connectivity index (χ3v) is 17.4. The van der Waals surface area contributed by atoms with Crippen molar-refractivity contribution >= 4 is 48.5 Å². The van der Waals surface area contributed by atoms with Crippen molar-refractivity contribution in [1.29, 1.82) is 0 Å². The van der Waals surface area contributed by atoms with Crippen LogP contribution in [0.2, 0.25) is 0 Å². The van der Waals surface area contributed by atoms with Crippen LogP contribution in [-0.4, -0.2) is 348 Å². The van der Waals surface area contributed by atoms with Crippen LogP contribution in [0.25, 0.3) is 0 Å². The van der Waals surface area contributed by atoms with Gasteiger partial charge in [-0.3, -0.25) is 9.59 Å². The van der Waals surface area contributed by atoms with Crippen molar-refractivity contribution in [2.45, 2.75) is 117 Å². The summed E-state index contributed by atoms with van der Waals surface area (Å²) in [7, 11) is 11.6. The molecule has 0 saturated heterocycles. The van der Waals surface area contributed by atoms with Gasteiger partial charge in [0.2, 0.25) is 0 Å². The minimum Gasteiger partial charge on any atom is -0.464 e. The van der Waals surface area contributed by atoms with Gasteiger partial charge in [-0.15, -0.1) is 0 Å². The van der Waals surface area contributed by atoms with Crippen molar-refractivity contribution in [3.8, 4) is 0 Å². The first-order chi connectivity index (χ1) is 50.0. The number of rotatable bonds is 65. The van der Waals surface area contributed by atoms with E-state index in [9.17, 15) is 43.5 Å². The molecule has 0 bridgehead atoms. The SMILES string of the molecule is CCC(COC(=O)C(C)(COC(=O)NCCCN(C)CCCN)COC(=O)NCCCN(C)CCCN)(COC(=O)C(C)(COC(=O)NCCCN(C)CCCN)COC(=O)NCCCN(C)CCCN)COC(O)C(C)(COC(=O)NCCCN(C)CCCN)COC(=O)NCCCN(C)CCCN. The molecule has 1 unspecified atom stereocenters. The maximum atomic E-state index is 14.8. The lowest BCUT2D eigenvalue weighted by atomic mass is 9.86. The smallest absolute Gasteiger partial charge is 0.407 e. The Labute approximate surface area is 626 Å². The summed E-state index contributed by atoms with van der Waals surface area (Å²) in [6.07, 6.45) is 0.989. The lowest BCUT2D eigenvalue weighted by molar-refractivity contribution is -0.217. The third-order valence-electron chi connectivity index (χ3n) is 17.4. The maximum absolute atomic E-state index is 14.8. The van der Waals surface area contributed by atoms with Crippen molar-refractivity contribution < 1.29 is 86.1 Å². The second-order valence-electron chi connectivity index (χ2n) is 28.3. The molecule has 0 heterocycles. The van der Waals surface area contributed by atoms with E-state index in [2.05, 4.69) is 61.3 Å². The van der Waals surface area contributed by atoms with E-state index in [4.69, 9.17) is 77.0 Å². The number of hydrogen-bond donors (Lipinski definition) is 13. The van der Waals surface area contributed by atoms with Gasteiger partial charge in [0.25, 0.3) is 0 Å². The van der Waals surface area contributed by atoms with Crippen molar-refractivity contribution in [2.24, 2.45) is 56.1 Å². The number of hydrogen-bond acceptors (Lipinski definition) is 30.